The van der Waals surface area contributed by atoms with Crippen molar-refractivity contribution in [1.29, 1.82) is 0 Å². The zero-order chi connectivity index (χ0) is 19.6. The maximum absolute atomic E-state index is 12.8. The fourth-order valence-electron chi connectivity index (χ4n) is 4.17. The van der Waals surface area contributed by atoms with Gasteiger partial charge in [-0.1, -0.05) is 30.3 Å². The number of carbonyl (C=O) groups excluding carboxylic acids is 2. The zero-order valence-corrected chi connectivity index (χ0v) is 15.7. The number of pyridine rings is 1. The molecule has 28 heavy (non-hydrogen) atoms. The summed E-state index contributed by atoms with van der Waals surface area (Å²) in [6.45, 7) is 0.263. The number of benzene rings is 1. The molecular weight excluding hydrogens is 354 g/mol. The summed E-state index contributed by atoms with van der Waals surface area (Å²) in [5.74, 6) is -0.195. The minimum Gasteiger partial charge on any atom is -0.350 e. The van der Waals surface area contributed by atoms with Crippen LogP contribution in [0.1, 0.15) is 54.1 Å². The van der Waals surface area contributed by atoms with Crippen LogP contribution in [0.4, 0.5) is 0 Å². The molecule has 6 heteroatoms. The highest BCUT2D eigenvalue weighted by Crippen LogP contribution is 2.59. The van der Waals surface area contributed by atoms with Crippen molar-refractivity contribution in [2.45, 2.75) is 38.1 Å². The molecule has 1 aromatic heterocycles. The lowest BCUT2D eigenvalue weighted by Crippen LogP contribution is -2.40. The molecule has 2 saturated carbocycles. The smallest absolute Gasteiger partial charge is 0.251 e. The second-order valence-electron chi connectivity index (χ2n) is 8.06. The van der Waals surface area contributed by atoms with E-state index in [-0.39, 0.29) is 35.9 Å². The standard InChI is InChI=1S/C22H25N3O3/c26-19-12-16(7-11-23-19)20(27)24-14-18(15-4-2-1-3-5-15)25-21(28)17-6-8-22(13-17)9-10-22/h1-5,7,11-12,17-18H,6,8-10,13-14H2,(H,23,26)(H,24,27)(H,25,28). The Bertz CT molecular complexity index is 918. The zero-order valence-electron chi connectivity index (χ0n) is 15.7. The summed E-state index contributed by atoms with van der Waals surface area (Å²) >= 11 is 0. The van der Waals surface area contributed by atoms with Gasteiger partial charge in [0.15, 0.2) is 0 Å². The van der Waals surface area contributed by atoms with Crippen LogP contribution >= 0.6 is 0 Å². The van der Waals surface area contributed by atoms with Crippen LogP contribution in [-0.2, 0) is 4.79 Å². The van der Waals surface area contributed by atoms with Gasteiger partial charge < -0.3 is 15.6 Å². The van der Waals surface area contributed by atoms with Gasteiger partial charge in [0.25, 0.3) is 5.91 Å². The lowest BCUT2D eigenvalue weighted by Gasteiger charge is -2.22. The van der Waals surface area contributed by atoms with Gasteiger partial charge in [-0.05, 0) is 49.1 Å². The second kappa shape index (κ2) is 7.62. The fourth-order valence-corrected chi connectivity index (χ4v) is 4.17. The van der Waals surface area contributed by atoms with Gasteiger partial charge in [-0.3, -0.25) is 14.4 Å². The molecule has 1 heterocycles. The number of aromatic amines is 1. The van der Waals surface area contributed by atoms with Gasteiger partial charge in [0, 0.05) is 30.3 Å². The maximum atomic E-state index is 12.8. The Kier molecular flexibility index (Phi) is 5.03. The van der Waals surface area contributed by atoms with Crippen molar-refractivity contribution in [2.24, 2.45) is 11.3 Å². The summed E-state index contributed by atoms with van der Waals surface area (Å²) in [6.07, 6.45) is 7.05. The lowest BCUT2D eigenvalue weighted by atomic mass is 10.0. The predicted molar refractivity (Wildman–Crippen MR) is 106 cm³/mol. The number of nitrogens with one attached hydrogen (secondary N) is 3. The van der Waals surface area contributed by atoms with E-state index in [1.807, 2.05) is 30.3 Å². The van der Waals surface area contributed by atoms with Crippen LogP contribution in [0.25, 0.3) is 0 Å². The Labute approximate surface area is 163 Å². The lowest BCUT2D eigenvalue weighted by molar-refractivity contribution is -0.125. The molecule has 2 amide bonds. The number of hydrogen-bond donors (Lipinski definition) is 3. The van der Waals surface area contributed by atoms with E-state index in [1.54, 1.807) is 6.07 Å². The van der Waals surface area contributed by atoms with Crippen molar-refractivity contribution >= 4 is 11.8 Å². The van der Waals surface area contributed by atoms with Crippen LogP contribution < -0.4 is 16.2 Å². The minimum absolute atomic E-state index is 0.0668. The second-order valence-corrected chi connectivity index (χ2v) is 8.06. The third-order valence-electron chi connectivity index (χ3n) is 6.05. The average molecular weight is 379 g/mol. The summed E-state index contributed by atoms with van der Waals surface area (Å²) in [7, 11) is 0. The molecule has 1 spiro atoms. The molecule has 2 fully saturated rings. The summed E-state index contributed by atoms with van der Waals surface area (Å²) in [6, 6.07) is 12.2. The molecule has 0 saturated heterocycles. The van der Waals surface area contributed by atoms with Crippen molar-refractivity contribution in [1.82, 2.24) is 15.6 Å². The van der Waals surface area contributed by atoms with E-state index in [0.29, 0.717) is 11.0 Å². The molecule has 0 bridgehead atoms. The molecule has 1 aromatic carbocycles. The Balaban J connectivity index is 1.42. The van der Waals surface area contributed by atoms with Gasteiger partial charge >= 0.3 is 0 Å². The molecule has 4 rings (SSSR count). The predicted octanol–water partition coefficient (Wildman–Crippen LogP) is 2.54. The Morgan fingerprint density at radius 2 is 1.93 bits per heavy atom. The highest BCUT2D eigenvalue weighted by atomic mass is 16.2. The van der Waals surface area contributed by atoms with E-state index in [0.717, 1.165) is 24.8 Å². The number of H-pyrrole nitrogens is 1. The van der Waals surface area contributed by atoms with Gasteiger partial charge in [-0.15, -0.1) is 0 Å². The molecule has 0 radical (unpaired) electrons. The van der Waals surface area contributed by atoms with Crippen molar-refractivity contribution in [3.05, 3.63) is 70.1 Å². The molecule has 0 aliphatic heterocycles. The van der Waals surface area contributed by atoms with Crippen LogP contribution in [0.2, 0.25) is 0 Å². The molecule has 3 N–H and O–H groups in total. The van der Waals surface area contributed by atoms with Gasteiger partial charge in [0.2, 0.25) is 11.5 Å². The van der Waals surface area contributed by atoms with Gasteiger partial charge in [-0.2, -0.15) is 0 Å². The van der Waals surface area contributed by atoms with Crippen LogP contribution in [0.15, 0.2) is 53.5 Å². The molecule has 2 aliphatic carbocycles. The summed E-state index contributed by atoms with van der Waals surface area (Å²) in [4.78, 5) is 39.1. The Morgan fingerprint density at radius 3 is 2.61 bits per heavy atom. The van der Waals surface area contributed by atoms with Gasteiger partial charge in [-0.25, -0.2) is 0 Å². The molecule has 146 valence electrons. The number of carbonyl (C=O) groups is 2. The molecule has 6 nitrogen and oxygen atoms in total. The van der Waals surface area contributed by atoms with Crippen LogP contribution in [0, 0.1) is 11.3 Å². The molecule has 2 aromatic rings. The minimum atomic E-state index is -0.334. The topological polar surface area (TPSA) is 91.1 Å². The third-order valence-corrected chi connectivity index (χ3v) is 6.05. The van der Waals surface area contributed by atoms with Crippen LogP contribution in [0.3, 0.4) is 0 Å². The maximum Gasteiger partial charge on any atom is 0.251 e. The van der Waals surface area contributed by atoms with E-state index < -0.39 is 0 Å². The summed E-state index contributed by atoms with van der Waals surface area (Å²) in [5, 5.41) is 5.98. The third kappa shape index (κ3) is 4.16. The number of aromatic nitrogens is 1. The van der Waals surface area contributed by atoms with Crippen LogP contribution in [0.5, 0.6) is 0 Å². The summed E-state index contributed by atoms with van der Waals surface area (Å²) in [5.41, 5.74) is 1.36. The molecule has 2 aliphatic rings. The van der Waals surface area contributed by atoms with Crippen molar-refractivity contribution < 1.29 is 9.59 Å². The Hall–Kier alpha value is -2.89. The van der Waals surface area contributed by atoms with Crippen molar-refractivity contribution in [3.8, 4) is 0 Å². The summed E-state index contributed by atoms with van der Waals surface area (Å²) < 4.78 is 0. The Morgan fingerprint density at radius 1 is 1.14 bits per heavy atom. The highest BCUT2D eigenvalue weighted by Gasteiger charge is 2.49. The number of rotatable bonds is 6. The van der Waals surface area contributed by atoms with E-state index in [1.165, 1.54) is 25.1 Å². The quantitative estimate of drug-likeness (QED) is 0.720. The number of amides is 2. The first-order chi connectivity index (χ1) is 13.5. The highest BCUT2D eigenvalue weighted by molar-refractivity contribution is 5.94. The van der Waals surface area contributed by atoms with Crippen LogP contribution in [-0.4, -0.2) is 23.3 Å². The molecule has 2 atom stereocenters. The van der Waals surface area contributed by atoms with Crippen molar-refractivity contribution in [3.63, 3.8) is 0 Å². The normalized spacial score (nSPS) is 20.5. The van der Waals surface area contributed by atoms with Crippen molar-refractivity contribution in [2.75, 3.05) is 6.54 Å². The molecular formula is C22H25N3O3. The van der Waals surface area contributed by atoms with E-state index >= 15 is 0 Å². The first kappa shape index (κ1) is 18.5. The van der Waals surface area contributed by atoms with E-state index in [2.05, 4.69) is 15.6 Å². The van der Waals surface area contributed by atoms with Gasteiger partial charge in [0.05, 0.1) is 6.04 Å². The van der Waals surface area contributed by atoms with Gasteiger partial charge in [0.1, 0.15) is 0 Å². The largest absolute Gasteiger partial charge is 0.350 e. The van der Waals surface area contributed by atoms with E-state index in [9.17, 15) is 14.4 Å². The monoisotopic (exact) mass is 379 g/mol. The fraction of sp³-hybridized carbons (Fsp3) is 0.409. The average Bonchev–Trinajstić information content (AvgIpc) is 3.33. The first-order valence-electron chi connectivity index (χ1n) is 9.87. The first-order valence-corrected chi connectivity index (χ1v) is 9.87. The number of hydrogen-bond acceptors (Lipinski definition) is 3. The SMILES string of the molecule is O=C(NCC(NC(=O)C1CCC2(CC2)C1)c1ccccc1)c1cc[nH]c(=O)c1. The molecule has 2 unspecified atom stereocenters. The van der Waals surface area contributed by atoms with E-state index in [4.69, 9.17) is 0 Å².